The summed E-state index contributed by atoms with van der Waals surface area (Å²) in [4.78, 5) is 12.1. The maximum Gasteiger partial charge on any atom is 0.374 e. The van der Waals surface area contributed by atoms with E-state index in [1.807, 2.05) is 6.92 Å². The first-order valence-corrected chi connectivity index (χ1v) is 10.3. The number of hydrogen-bond donors (Lipinski definition) is 2. The lowest BCUT2D eigenvalue weighted by Gasteiger charge is -2.28. The normalized spacial score (nSPS) is 20.3. The molecule has 150 valence electrons. The first kappa shape index (κ1) is 21.7. The van der Waals surface area contributed by atoms with Crippen LogP contribution in [-0.2, 0) is 14.8 Å². The Morgan fingerprint density at radius 1 is 1.41 bits per heavy atom. The predicted molar refractivity (Wildman–Crippen MR) is 105 cm³/mol. The molecule has 1 fully saturated rings. The first-order chi connectivity index (χ1) is 12.3. The highest BCUT2D eigenvalue weighted by Crippen LogP contribution is 2.28. The molecule has 0 amide bonds. The van der Waals surface area contributed by atoms with Crippen LogP contribution in [0.1, 0.15) is 42.8 Å². The third kappa shape index (κ3) is 4.63. The largest absolute Gasteiger partial charge is 0.460 e. The van der Waals surface area contributed by atoms with Crippen molar-refractivity contribution in [2.45, 2.75) is 50.6 Å². The molecule has 1 aliphatic heterocycles. The van der Waals surface area contributed by atoms with Crippen molar-refractivity contribution in [2.24, 2.45) is 0 Å². The molecule has 3 rings (SSSR count). The minimum absolute atomic E-state index is 0. The van der Waals surface area contributed by atoms with Crippen molar-refractivity contribution in [3.63, 3.8) is 0 Å². The van der Waals surface area contributed by atoms with E-state index in [1.165, 1.54) is 6.07 Å². The van der Waals surface area contributed by atoms with E-state index < -0.39 is 16.0 Å². The fourth-order valence-electron chi connectivity index (χ4n) is 3.28. The number of carbonyl (C=O) groups is 1. The molecule has 2 unspecified atom stereocenters. The molecule has 9 heteroatoms. The van der Waals surface area contributed by atoms with E-state index in [9.17, 15) is 13.2 Å². The van der Waals surface area contributed by atoms with Gasteiger partial charge in [-0.2, -0.15) is 0 Å². The number of rotatable bonds is 5. The molecule has 1 aliphatic rings. The number of benzene rings is 1. The standard InChI is InChI=1S/C18H24N2O5S.ClH/c1-4-24-18(21)17-12(3)15-10-14(5-6-16(15)25-17)26(22,23)20-13-7-8-19-11(2)9-13;/h5-6,10-11,13,19-20H,4,7-9H2,1-3H3;1H. The Kier molecular flexibility index (Phi) is 6.91. The molecule has 1 saturated heterocycles. The summed E-state index contributed by atoms with van der Waals surface area (Å²) >= 11 is 0. The van der Waals surface area contributed by atoms with Crippen LogP contribution in [0, 0.1) is 6.92 Å². The van der Waals surface area contributed by atoms with E-state index in [0.717, 1.165) is 19.4 Å². The van der Waals surface area contributed by atoms with Crippen LogP contribution in [-0.4, -0.2) is 39.6 Å². The van der Waals surface area contributed by atoms with E-state index in [-0.39, 0.29) is 41.8 Å². The van der Waals surface area contributed by atoms with Gasteiger partial charge in [-0.05, 0) is 58.4 Å². The van der Waals surface area contributed by atoms with Crippen LogP contribution in [0.15, 0.2) is 27.5 Å². The van der Waals surface area contributed by atoms with Crippen LogP contribution in [0.2, 0.25) is 0 Å². The summed E-state index contributed by atoms with van der Waals surface area (Å²) in [5.41, 5.74) is 1.03. The second kappa shape index (κ2) is 8.60. The summed E-state index contributed by atoms with van der Waals surface area (Å²) in [5, 5.41) is 3.89. The van der Waals surface area contributed by atoms with Crippen LogP contribution < -0.4 is 10.0 Å². The SMILES string of the molecule is CCOC(=O)c1oc2ccc(S(=O)(=O)NC3CCNC(C)C3)cc2c1C.Cl. The van der Waals surface area contributed by atoms with Gasteiger partial charge >= 0.3 is 5.97 Å². The minimum Gasteiger partial charge on any atom is -0.460 e. The number of fused-ring (bicyclic) bond motifs is 1. The molecular formula is C18H25ClN2O5S. The number of piperidine rings is 1. The van der Waals surface area contributed by atoms with Gasteiger partial charge in [0.1, 0.15) is 5.58 Å². The molecule has 2 N–H and O–H groups in total. The zero-order chi connectivity index (χ0) is 18.9. The van der Waals surface area contributed by atoms with Gasteiger partial charge in [0.2, 0.25) is 15.8 Å². The third-order valence-corrected chi connectivity index (χ3v) is 6.14. The van der Waals surface area contributed by atoms with Crippen molar-refractivity contribution in [2.75, 3.05) is 13.2 Å². The van der Waals surface area contributed by atoms with E-state index in [1.54, 1.807) is 26.0 Å². The van der Waals surface area contributed by atoms with Crippen LogP contribution in [0.25, 0.3) is 11.0 Å². The highest BCUT2D eigenvalue weighted by molar-refractivity contribution is 7.89. The van der Waals surface area contributed by atoms with Gasteiger partial charge in [0.05, 0.1) is 11.5 Å². The number of halogens is 1. The van der Waals surface area contributed by atoms with Crippen LogP contribution in [0.3, 0.4) is 0 Å². The molecule has 1 aromatic carbocycles. The summed E-state index contributed by atoms with van der Waals surface area (Å²) in [7, 11) is -3.65. The summed E-state index contributed by atoms with van der Waals surface area (Å²) < 4.78 is 38.8. The molecule has 0 radical (unpaired) electrons. The quantitative estimate of drug-likeness (QED) is 0.727. The Hall–Kier alpha value is -1.61. The van der Waals surface area contributed by atoms with Crippen molar-refractivity contribution in [1.82, 2.24) is 10.0 Å². The molecular weight excluding hydrogens is 392 g/mol. The summed E-state index contributed by atoms with van der Waals surface area (Å²) in [6.45, 7) is 6.51. The number of ether oxygens (including phenoxy) is 1. The Balaban J connectivity index is 0.00000261. The van der Waals surface area contributed by atoms with E-state index in [4.69, 9.17) is 9.15 Å². The zero-order valence-corrected chi connectivity index (χ0v) is 17.2. The van der Waals surface area contributed by atoms with Crippen LogP contribution in [0.4, 0.5) is 0 Å². The van der Waals surface area contributed by atoms with Gasteiger partial charge in [-0.25, -0.2) is 17.9 Å². The Labute approximate surface area is 165 Å². The lowest BCUT2D eigenvalue weighted by atomic mass is 10.0. The van der Waals surface area contributed by atoms with Crippen LogP contribution >= 0.6 is 12.4 Å². The molecule has 0 bridgehead atoms. The summed E-state index contributed by atoms with van der Waals surface area (Å²) in [6.07, 6.45) is 1.50. The average molecular weight is 417 g/mol. The van der Waals surface area contributed by atoms with Gasteiger partial charge in [0.25, 0.3) is 0 Å². The summed E-state index contributed by atoms with van der Waals surface area (Å²) in [5.74, 6) is -0.441. The van der Waals surface area contributed by atoms with Crippen molar-refractivity contribution >= 4 is 39.4 Å². The molecule has 2 heterocycles. The Bertz CT molecular complexity index is 925. The van der Waals surface area contributed by atoms with Crippen molar-refractivity contribution in [1.29, 1.82) is 0 Å². The van der Waals surface area contributed by atoms with Gasteiger partial charge in [-0.1, -0.05) is 0 Å². The number of nitrogens with one attached hydrogen (secondary N) is 2. The van der Waals surface area contributed by atoms with E-state index in [0.29, 0.717) is 16.5 Å². The topological polar surface area (TPSA) is 97.6 Å². The van der Waals surface area contributed by atoms with E-state index >= 15 is 0 Å². The lowest BCUT2D eigenvalue weighted by Crippen LogP contribution is -2.46. The monoisotopic (exact) mass is 416 g/mol. The van der Waals surface area contributed by atoms with Gasteiger partial charge in [0, 0.05) is 23.0 Å². The zero-order valence-electron chi connectivity index (χ0n) is 15.6. The van der Waals surface area contributed by atoms with E-state index in [2.05, 4.69) is 10.0 Å². The molecule has 2 atom stereocenters. The highest BCUT2D eigenvalue weighted by atomic mass is 35.5. The maximum atomic E-state index is 12.8. The summed E-state index contributed by atoms with van der Waals surface area (Å²) in [6, 6.07) is 4.80. The maximum absolute atomic E-state index is 12.8. The Morgan fingerprint density at radius 2 is 2.15 bits per heavy atom. The fourth-order valence-corrected chi connectivity index (χ4v) is 4.59. The molecule has 7 nitrogen and oxygen atoms in total. The molecule has 0 spiro atoms. The Morgan fingerprint density at radius 3 is 2.81 bits per heavy atom. The predicted octanol–water partition coefficient (Wildman–Crippen LogP) is 2.76. The minimum atomic E-state index is -3.65. The van der Waals surface area contributed by atoms with Gasteiger partial charge in [0.15, 0.2) is 0 Å². The highest BCUT2D eigenvalue weighted by Gasteiger charge is 2.26. The smallest absolute Gasteiger partial charge is 0.374 e. The second-order valence-corrected chi connectivity index (χ2v) is 8.35. The number of sulfonamides is 1. The number of carbonyl (C=O) groups excluding carboxylic acids is 1. The number of aryl methyl sites for hydroxylation is 1. The van der Waals surface area contributed by atoms with Gasteiger partial charge in [-0.15, -0.1) is 12.4 Å². The molecule has 0 saturated carbocycles. The molecule has 2 aromatic rings. The fraction of sp³-hybridized carbons (Fsp3) is 0.500. The average Bonchev–Trinajstić information content (AvgIpc) is 2.91. The van der Waals surface area contributed by atoms with Crippen molar-refractivity contribution < 1.29 is 22.4 Å². The number of hydrogen-bond acceptors (Lipinski definition) is 6. The van der Waals surface area contributed by atoms with Gasteiger partial charge in [-0.3, -0.25) is 0 Å². The number of esters is 1. The molecule has 1 aromatic heterocycles. The van der Waals surface area contributed by atoms with Crippen LogP contribution in [0.5, 0.6) is 0 Å². The number of furan rings is 1. The van der Waals surface area contributed by atoms with Crippen molar-refractivity contribution in [3.05, 3.63) is 29.5 Å². The third-order valence-electron chi connectivity index (χ3n) is 4.62. The second-order valence-electron chi connectivity index (χ2n) is 6.63. The lowest BCUT2D eigenvalue weighted by molar-refractivity contribution is 0.0491. The molecule has 27 heavy (non-hydrogen) atoms. The van der Waals surface area contributed by atoms with Gasteiger partial charge < -0.3 is 14.5 Å². The molecule has 0 aliphatic carbocycles. The van der Waals surface area contributed by atoms with Crippen molar-refractivity contribution in [3.8, 4) is 0 Å². The first-order valence-electron chi connectivity index (χ1n) is 8.77.